The Morgan fingerprint density at radius 2 is 2.14 bits per heavy atom. The molecule has 1 aromatic rings. The molecule has 0 atom stereocenters. The molecule has 0 saturated carbocycles. The minimum atomic E-state index is 0.435. The smallest absolute Gasteiger partial charge is 0.144 e. The highest BCUT2D eigenvalue weighted by atomic mass is 15.1. The summed E-state index contributed by atoms with van der Waals surface area (Å²) in [6, 6.07) is 0. The number of anilines is 1. The van der Waals surface area contributed by atoms with Gasteiger partial charge in [0.25, 0.3) is 0 Å². The lowest BCUT2D eigenvalue weighted by Crippen LogP contribution is -2.21. The first kappa shape index (κ1) is 10.9. The lowest BCUT2D eigenvalue weighted by molar-refractivity contribution is 0.425. The molecule has 0 aromatic carbocycles. The van der Waals surface area contributed by atoms with Crippen molar-refractivity contribution in [2.24, 2.45) is 5.73 Å². The minimum Gasteiger partial charge on any atom is -0.368 e. The van der Waals surface area contributed by atoms with Crippen LogP contribution in [-0.2, 0) is 6.54 Å². The van der Waals surface area contributed by atoms with Crippen LogP contribution in [0.25, 0.3) is 0 Å². The maximum atomic E-state index is 5.41. The first-order valence-corrected chi connectivity index (χ1v) is 4.62. The van der Waals surface area contributed by atoms with Gasteiger partial charge in [0.2, 0.25) is 0 Å². The summed E-state index contributed by atoms with van der Waals surface area (Å²) in [4.78, 5) is 10.4. The van der Waals surface area contributed by atoms with E-state index in [9.17, 15) is 0 Å². The number of nitrogens with one attached hydrogen (secondary N) is 1. The third kappa shape index (κ3) is 3.68. The second-order valence-corrected chi connectivity index (χ2v) is 3.33. The van der Waals surface area contributed by atoms with Crippen molar-refractivity contribution >= 4 is 5.82 Å². The molecule has 0 amide bonds. The second kappa shape index (κ2) is 5.51. The molecule has 0 aliphatic heterocycles. The summed E-state index contributed by atoms with van der Waals surface area (Å²) in [6.45, 7) is 2.27. The number of nitrogens with zero attached hydrogens (tertiary/aromatic N) is 3. The zero-order valence-electron chi connectivity index (χ0n) is 8.70. The van der Waals surface area contributed by atoms with Gasteiger partial charge in [-0.3, -0.25) is 4.98 Å². The molecule has 0 saturated heterocycles. The summed E-state index contributed by atoms with van der Waals surface area (Å²) >= 11 is 0. The maximum absolute atomic E-state index is 5.41. The molecule has 1 heterocycles. The number of hydrogen-bond donors (Lipinski definition) is 2. The molecule has 0 spiro atoms. The maximum Gasteiger partial charge on any atom is 0.144 e. The Hall–Kier alpha value is -1.20. The topological polar surface area (TPSA) is 67.1 Å². The van der Waals surface area contributed by atoms with Crippen molar-refractivity contribution in [3.8, 4) is 0 Å². The van der Waals surface area contributed by atoms with Crippen molar-refractivity contribution in [1.82, 2.24) is 14.9 Å². The number of hydrogen-bond acceptors (Lipinski definition) is 5. The Morgan fingerprint density at radius 1 is 1.36 bits per heavy atom. The highest BCUT2D eigenvalue weighted by molar-refractivity contribution is 5.30. The highest BCUT2D eigenvalue weighted by Gasteiger charge is 1.95. The molecule has 0 bridgehead atoms. The Kier molecular flexibility index (Phi) is 4.28. The third-order valence-electron chi connectivity index (χ3n) is 1.78. The molecule has 5 heteroatoms. The number of likely N-dealkylation sites (N-methyl/N-ethyl adjacent to an activating group) is 1. The highest BCUT2D eigenvalue weighted by Crippen LogP contribution is 1.99. The number of rotatable bonds is 5. The molecule has 5 nitrogen and oxygen atoms in total. The summed E-state index contributed by atoms with van der Waals surface area (Å²) in [5.41, 5.74) is 6.22. The van der Waals surface area contributed by atoms with Crippen LogP contribution < -0.4 is 11.1 Å². The van der Waals surface area contributed by atoms with Crippen LogP contribution in [0.2, 0.25) is 0 Å². The van der Waals surface area contributed by atoms with E-state index in [4.69, 9.17) is 5.73 Å². The molecule has 0 radical (unpaired) electrons. The van der Waals surface area contributed by atoms with Gasteiger partial charge in [0.05, 0.1) is 18.1 Å². The predicted molar refractivity (Wildman–Crippen MR) is 57.0 cm³/mol. The Bertz CT molecular complexity index is 256. The van der Waals surface area contributed by atoms with E-state index in [1.807, 2.05) is 14.1 Å². The number of aromatic nitrogens is 2. The van der Waals surface area contributed by atoms with Crippen LogP contribution >= 0.6 is 0 Å². The summed E-state index contributed by atoms with van der Waals surface area (Å²) < 4.78 is 0. The van der Waals surface area contributed by atoms with Gasteiger partial charge < -0.3 is 16.0 Å². The molecule has 0 aliphatic rings. The average Bonchev–Trinajstić information content (AvgIpc) is 2.18. The molecule has 1 rings (SSSR count). The van der Waals surface area contributed by atoms with Gasteiger partial charge in [-0.25, -0.2) is 4.98 Å². The molecule has 0 unspecified atom stereocenters. The van der Waals surface area contributed by atoms with Crippen LogP contribution in [0.15, 0.2) is 12.4 Å². The molecular weight excluding hydrogens is 178 g/mol. The summed E-state index contributed by atoms with van der Waals surface area (Å²) in [6.07, 6.45) is 3.40. The van der Waals surface area contributed by atoms with Gasteiger partial charge in [0, 0.05) is 19.6 Å². The van der Waals surface area contributed by atoms with Gasteiger partial charge in [-0.15, -0.1) is 0 Å². The van der Waals surface area contributed by atoms with E-state index in [-0.39, 0.29) is 0 Å². The molecule has 3 N–H and O–H groups in total. The van der Waals surface area contributed by atoms with Crippen molar-refractivity contribution in [1.29, 1.82) is 0 Å². The first-order chi connectivity index (χ1) is 6.72. The van der Waals surface area contributed by atoms with E-state index < -0.39 is 0 Å². The largest absolute Gasteiger partial charge is 0.368 e. The van der Waals surface area contributed by atoms with E-state index in [0.717, 1.165) is 24.6 Å². The van der Waals surface area contributed by atoms with Gasteiger partial charge >= 0.3 is 0 Å². The molecule has 1 aromatic heterocycles. The Labute approximate surface area is 84.3 Å². The fourth-order valence-corrected chi connectivity index (χ4v) is 0.959. The lowest BCUT2D eigenvalue weighted by atomic mass is 10.4. The number of nitrogens with two attached hydrogens (primary N) is 1. The van der Waals surface area contributed by atoms with Gasteiger partial charge in [-0.2, -0.15) is 0 Å². The van der Waals surface area contributed by atoms with Gasteiger partial charge in [0.1, 0.15) is 5.82 Å². The summed E-state index contributed by atoms with van der Waals surface area (Å²) in [7, 11) is 4.07. The van der Waals surface area contributed by atoms with Gasteiger partial charge in [-0.1, -0.05) is 0 Å². The van der Waals surface area contributed by atoms with Crippen molar-refractivity contribution in [3.05, 3.63) is 18.1 Å². The second-order valence-electron chi connectivity index (χ2n) is 3.33. The molecule has 78 valence electrons. The van der Waals surface area contributed by atoms with Crippen LogP contribution in [0.5, 0.6) is 0 Å². The Balaban J connectivity index is 2.36. The van der Waals surface area contributed by atoms with E-state index in [2.05, 4.69) is 20.2 Å². The SMILES string of the molecule is CN(C)CCNc1cnc(CN)cn1. The van der Waals surface area contributed by atoms with Gasteiger partial charge in [-0.05, 0) is 14.1 Å². The van der Waals surface area contributed by atoms with Crippen molar-refractivity contribution in [3.63, 3.8) is 0 Å². The zero-order valence-corrected chi connectivity index (χ0v) is 8.70. The summed E-state index contributed by atoms with van der Waals surface area (Å²) in [5, 5.41) is 3.17. The fraction of sp³-hybridized carbons (Fsp3) is 0.556. The van der Waals surface area contributed by atoms with E-state index >= 15 is 0 Å². The van der Waals surface area contributed by atoms with Crippen LogP contribution in [0.4, 0.5) is 5.82 Å². The minimum absolute atomic E-state index is 0.435. The van der Waals surface area contributed by atoms with Crippen LogP contribution in [-0.4, -0.2) is 42.1 Å². The van der Waals surface area contributed by atoms with Gasteiger partial charge in [0.15, 0.2) is 0 Å². The van der Waals surface area contributed by atoms with Crippen LogP contribution in [0.3, 0.4) is 0 Å². The molecule has 0 fully saturated rings. The molecule has 14 heavy (non-hydrogen) atoms. The fourth-order valence-electron chi connectivity index (χ4n) is 0.959. The molecule has 0 aliphatic carbocycles. The lowest BCUT2D eigenvalue weighted by Gasteiger charge is -2.10. The molecular formula is C9H17N5. The van der Waals surface area contributed by atoms with E-state index in [1.54, 1.807) is 12.4 Å². The predicted octanol–water partition coefficient (Wildman–Crippen LogP) is -0.0912. The first-order valence-electron chi connectivity index (χ1n) is 4.62. The van der Waals surface area contributed by atoms with Crippen LogP contribution in [0, 0.1) is 0 Å². The monoisotopic (exact) mass is 195 g/mol. The van der Waals surface area contributed by atoms with Crippen molar-refractivity contribution < 1.29 is 0 Å². The Morgan fingerprint density at radius 3 is 2.64 bits per heavy atom. The quantitative estimate of drug-likeness (QED) is 0.687. The standard InChI is InChI=1S/C9H17N5/c1-14(2)4-3-11-9-7-12-8(5-10)6-13-9/h6-7H,3-5,10H2,1-2H3,(H,11,13). The third-order valence-corrected chi connectivity index (χ3v) is 1.78. The summed E-state index contributed by atoms with van der Waals surface area (Å²) in [5.74, 6) is 0.795. The van der Waals surface area contributed by atoms with E-state index in [1.165, 1.54) is 0 Å². The average molecular weight is 195 g/mol. The van der Waals surface area contributed by atoms with Crippen molar-refractivity contribution in [2.75, 3.05) is 32.5 Å². The van der Waals surface area contributed by atoms with Crippen molar-refractivity contribution in [2.45, 2.75) is 6.54 Å². The van der Waals surface area contributed by atoms with Crippen LogP contribution in [0.1, 0.15) is 5.69 Å². The normalized spacial score (nSPS) is 10.6. The zero-order chi connectivity index (χ0) is 10.4. The van der Waals surface area contributed by atoms with E-state index in [0.29, 0.717) is 6.54 Å².